The van der Waals surface area contributed by atoms with Crippen molar-refractivity contribution in [1.29, 1.82) is 0 Å². The molecule has 1 aliphatic heterocycles. The maximum Gasteiger partial charge on any atom is 0.465 e. The van der Waals surface area contributed by atoms with Crippen LogP contribution in [-0.2, 0) is 48.2 Å². The molecule has 5 rings (SSSR count). The van der Waals surface area contributed by atoms with E-state index in [2.05, 4.69) is 9.47 Å². The van der Waals surface area contributed by atoms with E-state index in [1.165, 1.54) is 0 Å². The number of hydrogen-bond acceptors (Lipinski definition) is 10. The Labute approximate surface area is 254 Å². The Morgan fingerprint density at radius 3 is 1.72 bits per heavy atom. The van der Waals surface area contributed by atoms with E-state index in [1.807, 2.05) is 0 Å². The first-order chi connectivity index (χ1) is 21.0. The number of alkyl halides is 12. The summed E-state index contributed by atoms with van der Waals surface area (Å²) < 4.78 is 212. The average molecular weight is 734 g/mol. The molecule has 4 saturated carbocycles. The van der Waals surface area contributed by atoms with Gasteiger partial charge >= 0.3 is 57.5 Å². The molecule has 24 heteroatoms. The summed E-state index contributed by atoms with van der Waals surface area (Å²) in [7, 11) is -6.24. The monoisotopic (exact) mass is 734 g/mol. The van der Waals surface area contributed by atoms with Crippen molar-refractivity contribution >= 4 is 28.0 Å². The molecule has 5 fully saturated rings. The largest absolute Gasteiger partial charge is 0.465 e. The van der Waals surface area contributed by atoms with Crippen LogP contribution in [0.4, 0.5) is 52.7 Å². The van der Waals surface area contributed by atoms with Gasteiger partial charge in [0.1, 0.15) is 17.6 Å². The van der Waals surface area contributed by atoms with Crippen molar-refractivity contribution in [1.82, 2.24) is 0 Å². The number of esters is 3. The van der Waals surface area contributed by atoms with Gasteiger partial charge in [-0.25, -0.2) is 9.59 Å². The van der Waals surface area contributed by atoms with Crippen molar-refractivity contribution < 1.29 is 104 Å². The molecule has 4 bridgehead atoms. The lowest BCUT2D eigenvalue weighted by molar-refractivity contribution is -0.392. The van der Waals surface area contributed by atoms with Crippen molar-refractivity contribution in [3.05, 3.63) is 0 Å². The molecule has 47 heavy (non-hydrogen) atoms. The van der Waals surface area contributed by atoms with E-state index in [9.17, 15) is 75.5 Å². The summed E-state index contributed by atoms with van der Waals surface area (Å²) in [5.41, 5.74) is -4.64. The van der Waals surface area contributed by atoms with E-state index in [4.69, 9.17) is 18.8 Å². The lowest BCUT2D eigenvalue weighted by Gasteiger charge is -2.64. The average Bonchev–Trinajstić information content (AvgIpc) is 2.91. The molecule has 0 amide bonds. The zero-order valence-electron chi connectivity index (χ0n) is 23.1. The second kappa shape index (κ2) is 11.2. The van der Waals surface area contributed by atoms with Crippen molar-refractivity contribution in [2.45, 2.75) is 72.9 Å². The van der Waals surface area contributed by atoms with E-state index >= 15 is 0 Å². The van der Waals surface area contributed by atoms with Crippen LogP contribution in [0.3, 0.4) is 0 Å². The summed E-state index contributed by atoms with van der Waals surface area (Å²) in [6.45, 7) is -7.04. The summed E-state index contributed by atoms with van der Waals surface area (Å²) in [4.78, 5) is 36.4. The number of ether oxygens (including phenoxy) is 5. The van der Waals surface area contributed by atoms with Gasteiger partial charge in [-0.1, -0.05) is 0 Å². The van der Waals surface area contributed by atoms with Crippen LogP contribution < -0.4 is 0 Å². The summed E-state index contributed by atoms with van der Waals surface area (Å²) in [5.74, 6) is -24.0. The van der Waals surface area contributed by atoms with Gasteiger partial charge in [0.15, 0.2) is 12.4 Å². The minimum Gasteiger partial charge on any atom is -0.460 e. The maximum atomic E-state index is 13.9. The quantitative estimate of drug-likeness (QED) is 0.160. The SMILES string of the molecule is O=C(OCC(F)(F)C(F)(F)F)C1(COC(=O)C(F)(F)C(F)(F)F)COC2(OC1)C1CC3CC2CC(OC(=O)C(F)(F)S(=O)(=O)O)(C3)C1. The highest BCUT2D eigenvalue weighted by molar-refractivity contribution is 7.87. The van der Waals surface area contributed by atoms with Crippen LogP contribution in [-0.4, -0.2) is 98.1 Å². The van der Waals surface area contributed by atoms with Gasteiger partial charge in [0.2, 0.25) is 0 Å². The third-order valence-corrected chi connectivity index (χ3v) is 9.43. The van der Waals surface area contributed by atoms with Gasteiger partial charge < -0.3 is 23.7 Å². The van der Waals surface area contributed by atoms with Gasteiger partial charge in [0.05, 0.1) is 13.2 Å². The zero-order chi connectivity index (χ0) is 35.9. The first-order valence-corrected chi connectivity index (χ1v) is 14.6. The van der Waals surface area contributed by atoms with Crippen LogP contribution >= 0.6 is 0 Å². The van der Waals surface area contributed by atoms with Crippen LogP contribution in [0.1, 0.15) is 32.1 Å². The van der Waals surface area contributed by atoms with Crippen molar-refractivity contribution in [3.8, 4) is 0 Å². The van der Waals surface area contributed by atoms with Crippen LogP contribution in [0.5, 0.6) is 0 Å². The van der Waals surface area contributed by atoms with Gasteiger partial charge in [-0.2, -0.15) is 61.1 Å². The summed E-state index contributed by atoms with van der Waals surface area (Å²) >= 11 is 0. The van der Waals surface area contributed by atoms with Gasteiger partial charge in [-0.15, -0.1) is 0 Å². The highest BCUT2D eigenvalue weighted by Gasteiger charge is 2.70. The number of halogens is 12. The highest BCUT2D eigenvalue weighted by Crippen LogP contribution is 2.64. The Kier molecular flexibility index (Phi) is 8.88. The predicted octanol–water partition coefficient (Wildman–Crippen LogP) is 3.80. The van der Waals surface area contributed by atoms with Gasteiger partial charge in [0.25, 0.3) is 0 Å². The van der Waals surface area contributed by atoms with Crippen LogP contribution in [0, 0.1) is 23.2 Å². The lowest BCUT2D eigenvalue weighted by atomic mass is 9.51. The summed E-state index contributed by atoms with van der Waals surface area (Å²) in [5, 5.41) is -5.35. The Balaban J connectivity index is 1.56. The van der Waals surface area contributed by atoms with Gasteiger partial charge in [-0.3, -0.25) is 9.35 Å². The molecule has 0 aromatic carbocycles. The number of carbonyl (C=O) groups excluding carboxylic acids is 3. The van der Waals surface area contributed by atoms with E-state index in [1.54, 1.807) is 0 Å². The number of carbonyl (C=O) groups is 3. The number of hydrogen-bond donors (Lipinski definition) is 1. The minimum absolute atomic E-state index is 0.0591. The Morgan fingerprint density at radius 2 is 1.28 bits per heavy atom. The topological polar surface area (TPSA) is 152 Å². The highest BCUT2D eigenvalue weighted by atomic mass is 32.2. The van der Waals surface area contributed by atoms with Crippen molar-refractivity contribution in [2.75, 3.05) is 26.4 Å². The minimum atomic E-state index is -6.50. The zero-order valence-corrected chi connectivity index (χ0v) is 23.9. The van der Waals surface area contributed by atoms with E-state index < -0.39 is 118 Å². The molecule has 1 N–H and O–H groups in total. The van der Waals surface area contributed by atoms with Crippen LogP contribution in [0.2, 0.25) is 0 Å². The van der Waals surface area contributed by atoms with E-state index in [-0.39, 0.29) is 32.1 Å². The Morgan fingerprint density at radius 1 is 0.766 bits per heavy atom. The summed E-state index contributed by atoms with van der Waals surface area (Å²) in [6.07, 6.45) is -13.3. The molecule has 2 atom stereocenters. The first kappa shape index (κ1) is 37.2. The molecule has 4 aliphatic carbocycles. The van der Waals surface area contributed by atoms with Crippen molar-refractivity contribution in [2.24, 2.45) is 23.2 Å². The van der Waals surface area contributed by atoms with E-state index in [0.29, 0.717) is 0 Å². The molecule has 0 aromatic rings. The normalized spacial score (nSPS) is 33.1. The smallest absolute Gasteiger partial charge is 0.460 e. The second-order valence-electron chi connectivity index (χ2n) is 11.9. The predicted molar refractivity (Wildman–Crippen MR) is 120 cm³/mol. The molecule has 11 nitrogen and oxygen atoms in total. The standard InChI is InChI=1S/C23H22F12O11S/c24-18(25,22(30,31)32)9-43-13(36)16(6-42-14(37)20(26,27)23(33,34)35)7-44-19(45-8-16)11-1-10-2-12(19)5-17(3-10,4-11)46-15(38)21(28,29)47(39,40)41/h10-12H,1-9H2,(H,39,40,41). The van der Waals surface area contributed by atoms with Crippen LogP contribution in [0.25, 0.3) is 0 Å². The fraction of sp³-hybridized carbons (Fsp3) is 0.870. The molecule has 1 heterocycles. The Bertz CT molecular complexity index is 1370. The maximum absolute atomic E-state index is 13.9. The molecule has 0 radical (unpaired) electrons. The molecule has 2 unspecified atom stereocenters. The fourth-order valence-corrected chi connectivity index (χ4v) is 6.71. The van der Waals surface area contributed by atoms with Crippen molar-refractivity contribution in [3.63, 3.8) is 0 Å². The van der Waals surface area contributed by atoms with E-state index in [0.717, 1.165) is 0 Å². The molecule has 5 aliphatic rings. The molecule has 1 spiro atoms. The molecule has 1 saturated heterocycles. The lowest BCUT2D eigenvalue weighted by Crippen LogP contribution is -2.70. The molecular weight excluding hydrogens is 712 g/mol. The third kappa shape index (κ3) is 6.33. The van der Waals surface area contributed by atoms with Crippen LogP contribution in [0.15, 0.2) is 0 Å². The van der Waals surface area contributed by atoms with Gasteiger partial charge in [-0.05, 0) is 38.0 Å². The third-order valence-electron chi connectivity index (χ3n) is 8.61. The number of rotatable bonds is 9. The molecule has 270 valence electrons. The summed E-state index contributed by atoms with van der Waals surface area (Å²) in [6, 6.07) is 0. The first-order valence-electron chi connectivity index (χ1n) is 13.1. The Hall–Kier alpha value is -2.60. The molecule has 0 aromatic heterocycles. The molecular formula is C23H22F12O11S. The fourth-order valence-electron chi connectivity index (χ4n) is 6.46. The second-order valence-corrected chi connectivity index (χ2v) is 13.4. The van der Waals surface area contributed by atoms with Gasteiger partial charge in [0, 0.05) is 11.8 Å².